The minimum absolute atomic E-state index is 0.360. The standard InChI is InChI=1S/C13H15NO2/c1-3-5-14-6-4-10-8-11(13(15)16)7-9(2)12(10)14/h4,6-8H,3,5H2,1-2H3,(H,15,16). The molecule has 0 atom stereocenters. The Bertz CT molecular complexity index is 540. The predicted molar refractivity (Wildman–Crippen MR) is 63.9 cm³/mol. The number of fused-ring (bicyclic) bond motifs is 1. The first-order valence-electron chi connectivity index (χ1n) is 5.46. The van der Waals surface area contributed by atoms with Crippen LogP contribution in [0.1, 0.15) is 29.3 Å². The molecule has 0 spiro atoms. The lowest BCUT2D eigenvalue weighted by molar-refractivity contribution is 0.0697. The number of carboxylic acid groups (broad SMARTS) is 1. The van der Waals surface area contributed by atoms with E-state index in [1.165, 1.54) is 0 Å². The molecule has 1 aromatic carbocycles. The van der Waals surface area contributed by atoms with Gasteiger partial charge in [-0.1, -0.05) is 6.92 Å². The molecule has 0 aliphatic carbocycles. The van der Waals surface area contributed by atoms with Gasteiger partial charge in [0.05, 0.1) is 11.1 Å². The van der Waals surface area contributed by atoms with E-state index in [0.29, 0.717) is 5.56 Å². The van der Waals surface area contributed by atoms with Gasteiger partial charge in [0.1, 0.15) is 0 Å². The first-order valence-corrected chi connectivity index (χ1v) is 5.46. The van der Waals surface area contributed by atoms with Crippen LogP contribution in [0.15, 0.2) is 24.4 Å². The Morgan fingerprint density at radius 3 is 2.81 bits per heavy atom. The van der Waals surface area contributed by atoms with Crippen molar-refractivity contribution in [1.29, 1.82) is 0 Å². The summed E-state index contributed by atoms with van der Waals surface area (Å²) in [5, 5.41) is 9.98. The number of carboxylic acids is 1. The highest BCUT2D eigenvalue weighted by molar-refractivity contribution is 5.95. The monoisotopic (exact) mass is 217 g/mol. The molecule has 2 rings (SSSR count). The van der Waals surface area contributed by atoms with Gasteiger partial charge in [-0.3, -0.25) is 0 Å². The van der Waals surface area contributed by atoms with Crippen molar-refractivity contribution in [3.8, 4) is 0 Å². The fraction of sp³-hybridized carbons (Fsp3) is 0.308. The maximum absolute atomic E-state index is 10.9. The zero-order chi connectivity index (χ0) is 11.7. The van der Waals surface area contributed by atoms with Crippen molar-refractivity contribution in [2.45, 2.75) is 26.8 Å². The first kappa shape index (κ1) is 10.7. The Labute approximate surface area is 94.3 Å². The quantitative estimate of drug-likeness (QED) is 0.858. The van der Waals surface area contributed by atoms with E-state index < -0.39 is 5.97 Å². The highest BCUT2D eigenvalue weighted by atomic mass is 16.4. The first-order chi connectivity index (χ1) is 7.63. The zero-order valence-corrected chi connectivity index (χ0v) is 9.53. The second-order valence-corrected chi connectivity index (χ2v) is 4.05. The molecule has 16 heavy (non-hydrogen) atoms. The Morgan fingerprint density at radius 2 is 2.19 bits per heavy atom. The fourth-order valence-corrected chi connectivity index (χ4v) is 2.12. The van der Waals surface area contributed by atoms with Gasteiger partial charge in [0.25, 0.3) is 0 Å². The van der Waals surface area contributed by atoms with Crippen molar-refractivity contribution in [3.63, 3.8) is 0 Å². The lowest BCUT2D eigenvalue weighted by Gasteiger charge is -2.06. The number of hydrogen-bond donors (Lipinski definition) is 1. The average Bonchev–Trinajstić information content (AvgIpc) is 2.62. The smallest absolute Gasteiger partial charge is 0.335 e. The van der Waals surface area contributed by atoms with Crippen molar-refractivity contribution in [1.82, 2.24) is 4.57 Å². The van der Waals surface area contributed by atoms with Crippen LogP contribution in [0.5, 0.6) is 0 Å². The van der Waals surface area contributed by atoms with Gasteiger partial charge < -0.3 is 9.67 Å². The summed E-state index contributed by atoms with van der Waals surface area (Å²) in [4.78, 5) is 10.9. The molecule has 0 unspecified atom stereocenters. The van der Waals surface area contributed by atoms with Crippen LogP contribution in [0.4, 0.5) is 0 Å². The number of nitrogens with zero attached hydrogens (tertiary/aromatic N) is 1. The molecule has 1 heterocycles. The Hall–Kier alpha value is -1.77. The van der Waals surface area contributed by atoms with Gasteiger partial charge >= 0.3 is 5.97 Å². The number of aryl methyl sites for hydroxylation is 2. The summed E-state index contributed by atoms with van der Waals surface area (Å²) >= 11 is 0. The lowest BCUT2D eigenvalue weighted by Crippen LogP contribution is -1.99. The number of rotatable bonds is 3. The molecule has 0 saturated carbocycles. The number of benzene rings is 1. The van der Waals surface area contributed by atoms with Crippen LogP contribution >= 0.6 is 0 Å². The third-order valence-corrected chi connectivity index (χ3v) is 2.76. The van der Waals surface area contributed by atoms with Crippen LogP contribution in [-0.4, -0.2) is 15.6 Å². The van der Waals surface area contributed by atoms with Gasteiger partial charge in [-0.15, -0.1) is 0 Å². The molecule has 0 amide bonds. The SMILES string of the molecule is CCCn1ccc2cc(C(=O)O)cc(C)c21. The summed E-state index contributed by atoms with van der Waals surface area (Å²) in [6.07, 6.45) is 3.09. The molecule has 0 bridgehead atoms. The van der Waals surface area contributed by atoms with Gasteiger partial charge in [0.15, 0.2) is 0 Å². The van der Waals surface area contributed by atoms with Crippen molar-refractivity contribution in [2.24, 2.45) is 0 Å². The highest BCUT2D eigenvalue weighted by Crippen LogP contribution is 2.22. The average molecular weight is 217 g/mol. The van der Waals surface area contributed by atoms with Gasteiger partial charge in [-0.05, 0) is 37.1 Å². The van der Waals surface area contributed by atoms with Crippen molar-refractivity contribution < 1.29 is 9.90 Å². The van der Waals surface area contributed by atoms with Gasteiger partial charge in [0.2, 0.25) is 0 Å². The van der Waals surface area contributed by atoms with Crippen molar-refractivity contribution in [2.75, 3.05) is 0 Å². The van der Waals surface area contributed by atoms with E-state index in [4.69, 9.17) is 5.11 Å². The molecule has 3 nitrogen and oxygen atoms in total. The molecule has 84 valence electrons. The zero-order valence-electron chi connectivity index (χ0n) is 9.53. The number of aromatic carboxylic acids is 1. The Morgan fingerprint density at radius 1 is 1.44 bits per heavy atom. The number of carbonyl (C=O) groups is 1. The minimum atomic E-state index is -0.867. The Balaban J connectivity index is 2.64. The van der Waals surface area contributed by atoms with E-state index >= 15 is 0 Å². The minimum Gasteiger partial charge on any atom is -0.478 e. The molecule has 2 aromatic rings. The summed E-state index contributed by atoms with van der Waals surface area (Å²) in [6, 6.07) is 5.44. The molecule has 0 aliphatic rings. The molecule has 1 N–H and O–H groups in total. The molecule has 0 radical (unpaired) electrons. The number of aromatic nitrogens is 1. The van der Waals surface area contributed by atoms with Crippen molar-refractivity contribution in [3.05, 3.63) is 35.5 Å². The van der Waals surface area contributed by atoms with Crippen LogP contribution in [-0.2, 0) is 6.54 Å². The third kappa shape index (κ3) is 1.69. The van der Waals surface area contributed by atoms with Gasteiger partial charge in [-0.2, -0.15) is 0 Å². The summed E-state index contributed by atoms with van der Waals surface area (Å²) in [5.41, 5.74) is 2.53. The van der Waals surface area contributed by atoms with Crippen LogP contribution in [0, 0.1) is 6.92 Å². The predicted octanol–water partition coefficient (Wildman–Crippen LogP) is 3.06. The van der Waals surface area contributed by atoms with E-state index in [1.54, 1.807) is 12.1 Å². The molecular weight excluding hydrogens is 202 g/mol. The molecule has 0 fully saturated rings. The molecule has 0 aliphatic heterocycles. The van der Waals surface area contributed by atoms with Crippen molar-refractivity contribution >= 4 is 16.9 Å². The number of hydrogen-bond acceptors (Lipinski definition) is 1. The van der Waals surface area contributed by atoms with Gasteiger partial charge in [-0.25, -0.2) is 4.79 Å². The lowest BCUT2D eigenvalue weighted by atomic mass is 10.1. The molecular formula is C13H15NO2. The largest absolute Gasteiger partial charge is 0.478 e. The maximum atomic E-state index is 10.9. The summed E-state index contributed by atoms with van der Waals surface area (Å²) in [6.45, 7) is 5.06. The van der Waals surface area contributed by atoms with E-state index in [2.05, 4.69) is 11.5 Å². The van der Waals surface area contributed by atoms with Gasteiger partial charge in [0, 0.05) is 18.1 Å². The van der Waals surface area contributed by atoms with Crippen LogP contribution in [0.3, 0.4) is 0 Å². The highest BCUT2D eigenvalue weighted by Gasteiger charge is 2.09. The van der Waals surface area contributed by atoms with E-state index in [0.717, 1.165) is 29.4 Å². The summed E-state index contributed by atoms with van der Waals surface area (Å²) < 4.78 is 2.18. The summed E-state index contributed by atoms with van der Waals surface area (Å²) in [7, 11) is 0. The topological polar surface area (TPSA) is 42.2 Å². The molecule has 0 saturated heterocycles. The van der Waals surface area contributed by atoms with Crippen LogP contribution in [0.2, 0.25) is 0 Å². The van der Waals surface area contributed by atoms with Crippen LogP contribution < -0.4 is 0 Å². The molecule has 1 aromatic heterocycles. The third-order valence-electron chi connectivity index (χ3n) is 2.76. The second kappa shape index (κ2) is 4.00. The fourth-order valence-electron chi connectivity index (χ4n) is 2.12. The second-order valence-electron chi connectivity index (χ2n) is 4.05. The Kier molecular flexibility index (Phi) is 2.69. The normalized spacial score (nSPS) is 10.9. The van der Waals surface area contributed by atoms with Crippen LogP contribution in [0.25, 0.3) is 10.9 Å². The van der Waals surface area contributed by atoms with E-state index in [-0.39, 0.29) is 0 Å². The van der Waals surface area contributed by atoms with E-state index in [9.17, 15) is 4.79 Å². The molecule has 3 heteroatoms. The maximum Gasteiger partial charge on any atom is 0.335 e. The summed E-state index contributed by atoms with van der Waals surface area (Å²) in [5.74, 6) is -0.867. The van der Waals surface area contributed by atoms with E-state index in [1.807, 2.05) is 19.2 Å².